The van der Waals surface area contributed by atoms with Crippen molar-refractivity contribution in [3.8, 4) is 5.88 Å². The number of anilines is 1. The number of urea groups is 1. The summed E-state index contributed by atoms with van der Waals surface area (Å²) in [6.07, 6.45) is 2.62. The molecule has 1 aromatic heterocycles. The SMILES string of the molecule is COc1ncc(C)cc1NC(=O)N1CCC(C(=O)O)CC1. The Morgan fingerprint density at radius 3 is 2.67 bits per heavy atom. The van der Waals surface area contributed by atoms with E-state index >= 15 is 0 Å². The number of amides is 2. The van der Waals surface area contributed by atoms with Crippen LogP contribution in [0.4, 0.5) is 10.5 Å². The molecule has 7 nitrogen and oxygen atoms in total. The Hall–Kier alpha value is -2.31. The van der Waals surface area contributed by atoms with Crippen LogP contribution in [-0.2, 0) is 4.79 Å². The first-order valence-electron chi connectivity index (χ1n) is 6.80. The van der Waals surface area contributed by atoms with Crippen LogP contribution in [0.15, 0.2) is 12.3 Å². The average molecular weight is 293 g/mol. The summed E-state index contributed by atoms with van der Waals surface area (Å²) in [6, 6.07) is 1.53. The number of ether oxygens (including phenoxy) is 1. The molecule has 1 fully saturated rings. The number of carbonyl (C=O) groups is 2. The number of carboxylic acids is 1. The maximum atomic E-state index is 12.2. The molecule has 0 unspecified atom stereocenters. The quantitative estimate of drug-likeness (QED) is 0.885. The third-order valence-electron chi connectivity index (χ3n) is 3.55. The van der Waals surface area contributed by atoms with Crippen LogP contribution >= 0.6 is 0 Å². The molecule has 2 rings (SSSR count). The second kappa shape index (κ2) is 6.43. The summed E-state index contributed by atoms with van der Waals surface area (Å²) in [7, 11) is 1.49. The molecule has 0 aromatic carbocycles. The molecule has 2 N–H and O–H groups in total. The summed E-state index contributed by atoms with van der Waals surface area (Å²) >= 11 is 0. The molecule has 1 aliphatic rings. The molecule has 1 saturated heterocycles. The molecule has 0 spiro atoms. The number of pyridine rings is 1. The number of carboxylic acid groups (broad SMARTS) is 1. The van der Waals surface area contributed by atoms with E-state index in [-0.39, 0.29) is 11.9 Å². The van der Waals surface area contributed by atoms with Crippen molar-refractivity contribution in [3.05, 3.63) is 17.8 Å². The summed E-state index contributed by atoms with van der Waals surface area (Å²) in [4.78, 5) is 28.8. The molecule has 7 heteroatoms. The minimum absolute atomic E-state index is 0.260. The Labute approximate surface area is 122 Å². The van der Waals surface area contributed by atoms with Crippen LogP contribution in [0.3, 0.4) is 0 Å². The summed E-state index contributed by atoms with van der Waals surface area (Å²) < 4.78 is 5.11. The van der Waals surface area contributed by atoms with Gasteiger partial charge in [-0.15, -0.1) is 0 Å². The number of nitrogens with zero attached hydrogens (tertiary/aromatic N) is 2. The smallest absolute Gasteiger partial charge is 0.321 e. The van der Waals surface area contributed by atoms with E-state index in [4.69, 9.17) is 9.84 Å². The van der Waals surface area contributed by atoms with Gasteiger partial charge in [0.2, 0.25) is 5.88 Å². The number of aryl methyl sites for hydroxylation is 1. The molecule has 21 heavy (non-hydrogen) atoms. The summed E-state index contributed by atoms with van der Waals surface area (Å²) in [6.45, 7) is 2.75. The first-order chi connectivity index (χ1) is 10.0. The first kappa shape index (κ1) is 15.1. The Bertz CT molecular complexity index is 539. The van der Waals surface area contributed by atoms with Crippen molar-refractivity contribution in [1.82, 2.24) is 9.88 Å². The van der Waals surface area contributed by atoms with E-state index in [9.17, 15) is 9.59 Å². The van der Waals surface area contributed by atoms with Crippen molar-refractivity contribution in [1.29, 1.82) is 0 Å². The standard InChI is InChI=1S/C14H19N3O4/c1-9-7-11(12(21-2)15-8-9)16-14(20)17-5-3-10(4-6-17)13(18)19/h7-8,10H,3-6H2,1-2H3,(H,16,20)(H,18,19). The van der Waals surface area contributed by atoms with Crippen LogP contribution < -0.4 is 10.1 Å². The van der Waals surface area contributed by atoms with E-state index in [0.717, 1.165) is 5.56 Å². The fourth-order valence-electron chi connectivity index (χ4n) is 2.33. The van der Waals surface area contributed by atoms with Crippen LogP contribution in [0.5, 0.6) is 5.88 Å². The first-order valence-corrected chi connectivity index (χ1v) is 6.80. The number of hydrogen-bond donors (Lipinski definition) is 2. The van der Waals surface area contributed by atoms with Gasteiger partial charge in [0, 0.05) is 19.3 Å². The predicted molar refractivity (Wildman–Crippen MR) is 76.5 cm³/mol. The maximum Gasteiger partial charge on any atom is 0.321 e. The summed E-state index contributed by atoms with van der Waals surface area (Å²) in [5, 5.41) is 11.7. The Balaban J connectivity index is 1.99. The van der Waals surface area contributed by atoms with Gasteiger partial charge in [0.05, 0.1) is 13.0 Å². The zero-order valence-corrected chi connectivity index (χ0v) is 12.1. The predicted octanol–water partition coefficient (Wildman–Crippen LogP) is 1.73. The Morgan fingerprint density at radius 2 is 2.10 bits per heavy atom. The zero-order chi connectivity index (χ0) is 15.4. The number of hydrogen-bond acceptors (Lipinski definition) is 4. The zero-order valence-electron chi connectivity index (χ0n) is 12.1. The Kier molecular flexibility index (Phi) is 4.62. The number of carbonyl (C=O) groups excluding carboxylic acids is 1. The molecule has 2 amide bonds. The van der Waals surface area contributed by atoms with Gasteiger partial charge in [0.15, 0.2) is 0 Å². The highest BCUT2D eigenvalue weighted by molar-refractivity contribution is 5.90. The fourth-order valence-corrected chi connectivity index (χ4v) is 2.33. The Morgan fingerprint density at radius 1 is 1.43 bits per heavy atom. The summed E-state index contributed by atoms with van der Waals surface area (Å²) in [5.41, 5.74) is 1.43. The normalized spacial score (nSPS) is 15.6. The lowest BCUT2D eigenvalue weighted by Gasteiger charge is -2.30. The minimum Gasteiger partial charge on any atom is -0.481 e. The fraction of sp³-hybridized carbons (Fsp3) is 0.500. The lowest BCUT2D eigenvalue weighted by Crippen LogP contribution is -2.42. The van der Waals surface area contributed by atoms with E-state index in [1.807, 2.05) is 6.92 Å². The molecule has 0 bridgehead atoms. The molecule has 1 aliphatic heterocycles. The van der Waals surface area contributed by atoms with Gasteiger partial charge in [-0.3, -0.25) is 4.79 Å². The molecule has 0 atom stereocenters. The summed E-state index contributed by atoms with van der Waals surface area (Å²) in [5.74, 6) is -0.793. The van der Waals surface area contributed by atoms with Gasteiger partial charge in [-0.1, -0.05) is 0 Å². The van der Waals surface area contributed by atoms with Crippen LogP contribution in [0, 0.1) is 12.8 Å². The van der Waals surface area contributed by atoms with Crippen molar-refractivity contribution in [3.63, 3.8) is 0 Å². The van der Waals surface area contributed by atoms with Gasteiger partial charge in [-0.25, -0.2) is 9.78 Å². The van der Waals surface area contributed by atoms with Crippen LogP contribution in [0.2, 0.25) is 0 Å². The highest BCUT2D eigenvalue weighted by atomic mass is 16.5. The van der Waals surface area contributed by atoms with Crippen LogP contribution in [-0.4, -0.2) is 47.2 Å². The van der Waals surface area contributed by atoms with Gasteiger partial charge < -0.3 is 20.1 Å². The molecule has 0 radical (unpaired) electrons. The number of nitrogens with one attached hydrogen (secondary N) is 1. The van der Waals surface area contributed by atoms with E-state index in [1.54, 1.807) is 17.2 Å². The number of aliphatic carboxylic acids is 1. The van der Waals surface area contributed by atoms with Crippen molar-refractivity contribution >= 4 is 17.7 Å². The van der Waals surface area contributed by atoms with Crippen molar-refractivity contribution in [2.24, 2.45) is 5.92 Å². The van der Waals surface area contributed by atoms with E-state index in [2.05, 4.69) is 10.3 Å². The van der Waals surface area contributed by atoms with Gasteiger partial charge >= 0.3 is 12.0 Å². The molecular weight excluding hydrogens is 274 g/mol. The number of likely N-dealkylation sites (tertiary alicyclic amines) is 1. The van der Waals surface area contributed by atoms with Gasteiger partial charge in [0.25, 0.3) is 0 Å². The van der Waals surface area contributed by atoms with Crippen LogP contribution in [0.1, 0.15) is 18.4 Å². The molecular formula is C14H19N3O4. The van der Waals surface area contributed by atoms with Gasteiger partial charge in [-0.05, 0) is 31.4 Å². The van der Waals surface area contributed by atoms with Gasteiger partial charge in [0.1, 0.15) is 5.69 Å². The highest BCUT2D eigenvalue weighted by Gasteiger charge is 2.27. The third kappa shape index (κ3) is 3.62. The largest absolute Gasteiger partial charge is 0.481 e. The minimum atomic E-state index is -0.792. The van der Waals surface area contributed by atoms with Crippen molar-refractivity contribution < 1.29 is 19.4 Å². The van der Waals surface area contributed by atoms with Gasteiger partial charge in [-0.2, -0.15) is 0 Å². The second-order valence-corrected chi connectivity index (χ2v) is 5.10. The van der Waals surface area contributed by atoms with Crippen LogP contribution in [0.25, 0.3) is 0 Å². The van der Waals surface area contributed by atoms with E-state index < -0.39 is 5.97 Å². The lowest BCUT2D eigenvalue weighted by atomic mass is 9.97. The second-order valence-electron chi connectivity index (χ2n) is 5.10. The van der Waals surface area contributed by atoms with E-state index in [1.165, 1.54) is 7.11 Å². The number of aromatic nitrogens is 1. The molecule has 0 saturated carbocycles. The lowest BCUT2D eigenvalue weighted by molar-refractivity contribution is -0.143. The third-order valence-corrected chi connectivity index (χ3v) is 3.55. The highest BCUT2D eigenvalue weighted by Crippen LogP contribution is 2.23. The number of piperidine rings is 1. The monoisotopic (exact) mass is 293 g/mol. The molecule has 114 valence electrons. The van der Waals surface area contributed by atoms with Crippen molar-refractivity contribution in [2.75, 3.05) is 25.5 Å². The number of rotatable bonds is 3. The topological polar surface area (TPSA) is 91.8 Å². The molecule has 0 aliphatic carbocycles. The van der Waals surface area contributed by atoms with E-state index in [0.29, 0.717) is 37.5 Å². The average Bonchev–Trinajstić information content (AvgIpc) is 2.47. The molecule has 1 aromatic rings. The maximum absolute atomic E-state index is 12.2. The number of methoxy groups -OCH3 is 1. The molecule has 2 heterocycles. The van der Waals surface area contributed by atoms with Crippen molar-refractivity contribution in [2.45, 2.75) is 19.8 Å².